The van der Waals surface area contributed by atoms with Gasteiger partial charge in [0, 0.05) is 31.7 Å². The highest BCUT2D eigenvalue weighted by Crippen LogP contribution is 2.25. The first-order valence-corrected chi connectivity index (χ1v) is 9.82. The zero-order valence-corrected chi connectivity index (χ0v) is 15.8. The van der Waals surface area contributed by atoms with Gasteiger partial charge in [-0.2, -0.15) is 0 Å². The van der Waals surface area contributed by atoms with Crippen LogP contribution in [0.3, 0.4) is 0 Å². The molecular formula is C21H33FN2O. The second-order valence-electron chi connectivity index (χ2n) is 8.32. The van der Waals surface area contributed by atoms with Gasteiger partial charge in [-0.3, -0.25) is 4.90 Å². The lowest BCUT2D eigenvalue weighted by Crippen LogP contribution is -2.56. The van der Waals surface area contributed by atoms with Gasteiger partial charge < -0.3 is 9.64 Å². The Labute approximate surface area is 152 Å². The SMILES string of the molecule is CC(C)(CN1CCCC(CCc2ccc(F)cc2)C1)N1CCOCC1. The molecular weight excluding hydrogens is 315 g/mol. The molecule has 0 aliphatic carbocycles. The molecule has 140 valence electrons. The van der Waals surface area contributed by atoms with E-state index in [0.717, 1.165) is 45.2 Å². The van der Waals surface area contributed by atoms with E-state index in [9.17, 15) is 4.39 Å². The van der Waals surface area contributed by atoms with E-state index in [-0.39, 0.29) is 11.4 Å². The third-order valence-electron chi connectivity index (χ3n) is 5.84. The topological polar surface area (TPSA) is 15.7 Å². The fourth-order valence-corrected chi connectivity index (χ4v) is 4.37. The Kier molecular flexibility index (Phi) is 6.48. The van der Waals surface area contributed by atoms with Crippen molar-refractivity contribution in [1.82, 2.24) is 9.80 Å². The van der Waals surface area contributed by atoms with E-state index in [2.05, 4.69) is 23.6 Å². The average Bonchev–Trinajstić information content (AvgIpc) is 2.62. The molecule has 3 nitrogen and oxygen atoms in total. The number of hydrogen-bond donors (Lipinski definition) is 0. The van der Waals surface area contributed by atoms with Crippen LogP contribution in [0.25, 0.3) is 0 Å². The minimum absolute atomic E-state index is 0.141. The van der Waals surface area contributed by atoms with E-state index in [4.69, 9.17) is 4.74 Å². The molecule has 0 bridgehead atoms. The summed E-state index contributed by atoms with van der Waals surface area (Å²) in [6.45, 7) is 12.1. The van der Waals surface area contributed by atoms with Crippen molar-refractivity contribution in [1.29, 1.82) is 0 Å². The van der Waals surface area contributed by atoms with Crippen LogP contribution in [0.1, 0.15) is 38.7 Å². The number of benzene rings is 1. The fourth-order valence-electron chi connectivity index (χ4n) is 4.37. The number of likely N-dealkylation sites (tertiary alicyclic amines) is 1. The summed E-state index contributed by atoms with van der Waals surface area (Å²) in [6, 6.07) is 7.01. The molecule has 0 aromatic heterocycles. The first-order chi connectivity index (χ1) is 12.0. The van der Waals surface area contributed by atoms with E-state index < -0.39 is 0 Å². The van der Waals surface area contributed by atoms with E-state index in [1.807, 2.05) is 12.1 Å². The number of halogens is 1. The first kappa shape index (κ1) is 18.8. The molecule has 2 fully saturated rings. The summed E-state index contributed by atoms with van der Waals surface area (Å²) in [7, 11) is 0. The van der Waals surface area contributed by atoms with Crippen LogP contribution in [0.15, 0.2) is 24.3 Å². The van der Waals surface area contributed by atoms with Gasteiger partial charge in [0.05, 0.1) is 13.2 Å². The zero-order valence-electron chi connectivity index (χ0n) is 15.8. The van der Waals surface area contributed by atoms with E-state index in [1.54, 1.807) is 12.1 Å². The third-order valence-corrected chi connectivity index (χ3v) is 5.84. The molecule has 1 atom stereocenters. The third kappa shape index (κ3) is 5.50. The Balaban J connectivity index is 1.47. The monoisotopic (exact) mass is 348 g/mol. The molecule has 0 radical (unpaired) electrons. The van der Waals surface area contributed by atoms with Crippen LogP contribution < -0.4 is 0 Å². The van der Waals surface area contributed by atoms with Gasteiger partial charge in [-0.05, 0) is 69.7 Å². The zero-order chi connectivity index (χ0) is 17.7. The van der Waals surface area contributed by atoms with Gasteiger partial charge >= 0.3 is 0 Å². The van der Waals surface area contributed by atoms with Gasteiger partial charge in [0.2, 0.25) is 0 Å². The number of hydrogen-bond acceptors (Lipinski definition) is 3. The van der Waals surface area contributed by atoms with Crippen LogP contribution in [0.5, 0.6) is 0 Å². The Morgan fingerprint density at radius 3 is 2.56 bits per heavy atom. The summed E-state index contributed by atoms with van der Waals surface area (Å²) >= 11 is 0. The molecule has 1 unspecified atom stereocenters. The van der Waals surface area contributed by atoms with Crippen molar-refractivity contribution in [3.05, 3.63) is 35.6 Å². The lowest BCUT2D eigenvalue weighted by atomic mass is 9.90. The number of piperidine rings is 1. The first-order valence-electron chi connectivity index (χ1n) is 9.82. The number of morpholine rings is 1. The number of rotatable bonds is 6. The summed E-state index contributed by atoms with van der Waals surface area (Å²) in [4.78, 5) is 5.24. The van der Waals surface area contributed by atoms with Crippen molar-refractivity contribution in [2.45, 2.75) is 45.1 Å². The molecule has 25 heavy (non-hydrogen) atoms. The summed E-state index contributed by atoms with van der Waals surface area (Å²) in [6.07, 6.45) is 4.90. The van der Waals surface area contributed by atoms with Crippen LogP contribution in [-0.2, 0) is 11.2 Å². The highest BCUT2D eigenvalue weighted by atomic mass is 19.1. The number of aryl methyl sites for hydroxylation is 1. The summed E-state index contributed by atoms with van der Waals surface area (Å²) < 4.78 is 18.5. The predicted octanol–water partition coefficient (Wildman–Crippen LogP) is 3.58. The van der Waals surface area contributed by atoms with Crippen LogP contribution in [0.4, 0.5) is 4.39 Å². The van der Waals surface area contributed by atoms with Gasteiger partial charge in [-0.1, -0.05) is 12.1 Å². The van der Waals surface area contributed by atoms with Crippen LogP contribution in [-0.4, -0.2) is 61.3 Å². The second kappa shape index (κ2) is 8.61. The molecule has 2 aliphatic rings. The van der Waals surface area contributed by atoms with Crippen molar-refractivity contribution in [3.8, 4) is 0 Å². The summed E-state index contributed by atoms with van der Waals surface area (Å²) in [5, 5.41) is 0. The molecule has 1 aromatic rings. The average molecular weight is 349 g/mol. The lowest BCUT2D eigenvalue weighted by molar-refractivity contribution is -0.0258. The summed E-state index contributed by atoms with van der Waals surface area (Å²) in [5.41, 5.74) is 1.47. The van der Waals surface area contributed by atoms with Crippen LogP contribution in [0.2, 0.25) is 0 Å². The van der Waals surface area contributed by atoms with E-state index >= 15 is 0 Å². The maximum Gasteiger partial charge on any atom is 0.123 e. The van der Waals surface area contributed by atoms with Crippen molar-refractivity contribution in [2.24, 2.45) is 5.92 Å². The van der Waals surface area contributed by atoms with E-state index in [0.29, 0.717) is 0 Å². The maximum absolute atomic E-state index is 13.0. The van der Waals surface area contributed by atoms with E-state index in [1.165, 1.54) is 37.9 Å². The van der Waals surface area contributed by atoms with Gasteiger partial charge in [0.15, 0.2) is 0 Å². The van der Waals surface area contributed by atoms with Crippen LogP contribution in [0, 0.1) is 11.7 Å². The van der Waals surface area contributed by atoms with Gasteiger partial charge in [0.25, 0.3) is 0 Å². The van der Waals surface area contributed by atoms with Crippen molar-refractivity contribution >= 4 is 0 Å². The number of ether oxygens (including phenoxy) is 1. The van der Waals surface area contributed by atoms with Gasteiger partial charge in [0.1, 0.15) is 5.82 Å². The fraction of sp³-hybridized carbons (Fsp3) is 0.714. The number of nitrogens with zero attached hydrogens (tertiary/aromatic N) is 2. The molecule has 4 heteroatoms. The Bertz CT molecular complexity index is 525. The van der Waals surface area contributed by atoms with Crippen molar-refractivity contribution in [2.75, 3.05) is 45.9 Å². The predicted molar refractivity (Wildman–Crippen MR) is 100 cm³/mol. The molecule has 0 N–H and O–H groups in total. The molecule has 2 heterocycles. The minimum atomic E-state index is -0.141. The molecule has 3 rings (SSSR count). The normalized spacial score (nSPS) is 23.7. The smallest absolute Gasteiger partial charge is 0.123 e. The summed E-state index contributed by atoms with van der Waals surface area (Å²) in [5.74, 6) is 0.622. The largest absolute Gasteiger partial charge is 0.379 e. The quantitative estimate of drug-likeness (QED) is 0.781. The van der Waals surface area contributed by atoms with Crippen LogP contribution >= 0.6 is 0 Å². The van der Waals surface area contributed by atoms with Crippen molar-refractivity contribution < 1.29 is 9.13 Å². The maximum atomic E-state index is 13.0. The highest BCUT2D eigenvalue weighted by molar-refractivity contribution is 5.16. The Morgan fingerprint density at radius 1 is 1.12 bits per heavy atom. The molecule has 0 spiro atoms. The van der Waals surface area contributed by atoms with Crippen molar-refractivity contribution in [3.63, 3.8) is 0 Å². The lowest BCUT2D eigenvalue weighted by Gasteiger charge is -2.45. The standard InChI is InChI=1S/C21H33FN2O/c1-21(2,24-12-14-25-15-13-24)17-23-11-3-4-19(16-23)6-5-18-7-9-20(22)10-8-18/h7-10,19H,3-6,11-17H2,1-2H3. The molecule has 1 aromatic carbocycles. The van der Waals surface area contributed by atoms with Gasteiger partial charge in [-0.15, -0.1) is 0 Å². The second-order valence-corrected chi connectivity index (χ2v) is 8.32. The highest BCUT2D eigenvalue weighted by Gasteiger charge is 2.32. The molecule has 2 aliphatic heterocycles. The molecule has 0 saturated carbocycles. The Hall–Kier alpha value is -0.970. The molecule has 2 saturated heterocycles. The molecule has 0 amide bonds. The minimum Gasteiger partial charge on any atom is -0.379 e. The van der Waals surface area contributed by atoms with Gasteiger partial charge in [-0.25, -0.2) is 4.39 Å². The Morgan fingerprint density at radius 2 is 1.84 bits per heavy atom.